The number of rotatable bonds is 7. The van der Waals surface area contributed by atoms with Gasteiger partial charge in [-0.3, -0.25) is 19.6 Å². The van der Waals surface area contributed by atoms with Crippen molar-refractivity contribution in [1.29, 1.82) is 0 Å². The second-order valence-corrected chi connectivity index (χ2v) is 8.17. The Balaban J connectivity index is 1.67. The minimum Gasteiger partial charge on any atom is -0.270 e. The van der Waals surface area contributed by atoms with Gasteiger partial charge in [0.2, 0.25) is 0 Å². The van der Waals surface area contributed by atoms with Crippen molar-refractivity contribution in [3.05, 3.63) is 95.8 Å². The van der Waals surface area contributed by atoms with Crippen molar-refractivity contribution in [2.75, 3.05) is 0 Å². The van der Waals surface area contributed by atoms with Crippen LogP contribution >= 0.6 is 0 Å². The van der Waals surface area contributed by atoms with Crippen molar-refractivity contribution < 1.29 is 4.39 Å². The normalized spacial score (nSPS) is 12.3. The van der Waals surface area contributed by atoms with Crippen LogP contribution in [0.1, 0.15) is 55.4 Å². The summed E-state index contributed by atoms with van der Waals surface area (Å²) in [7, 11) is 0. The molecule has 0 unspecified atom stereocenters. The van der Waals surface area contributed by atoms with Gasteiger partial charge < -0.3 is 0 Å². The van der Waals surface area contributed by atoms with E-state index in [0.29, 0.717) is 12.5 Å². The second-order valence-electron chi connectivity index (χ2n) is 8.17. The molecule has 0 N–H and O–H groups in total. The van der Waals surface area contributed by atoms with Gasteiger partial charge in [-0.2, -0.15) is 5.10 Å². The van der Waals surface area contributed by atoms with Gasteiger partial charge in [0.05, 0.1) is 11.9 Å². The summed E-state index contributed by atoms with van der Waals surface area (Å²) in [6.45, 7) is 6.36. The summed E-state index contributed by atoms with van der Waals surface area (Å²) in [4.78, 5) is 13.5. The zero-order valence-corrected chi connectivity index (χ0v) is 18.0. The fraction of sp³-hybridized carbons (Fsp3) is 0.280. The van der Waals surface area contributed by atoms with Gasteiger partial charge in [-0.15, -0.1) is 0 Å². The fourth-order valence-corrected chi connectivity index (χ4v) is 3.61. The van der Waals surface area contributed by atoms with Gasteiger partial charge in [-0.05, 0) is 61.6 Å². The van der Waals surface area contributed by atoms with Gasteiger partial charge in [0.15, 0.2) is 0 Å². The third kappa shape index (κ3) is 5.20. The van der Waals surface area contributed by atoms with Crippen LogP contribution in [0.4, 0.5) is 4.39 Å². The van der Waals surface area contributed by atoms with Gasteiger partial charge in [0.1, 0.15) is 5.82 Å². The third-order valence-electron chi connectivity index (χ3n) is 5.33. The molecule has 0 radical (unpaired) electrons. The van der Waals surface area contributed by atoms with Gasteiger partial charge in [-0.25, -0.2) is 4.39 Å². The highest BCUT2D eigenvalue weighted by atomic mass is 19.1. The molecular formula is C25H26FN5. The van der Waals surface area contributed by atoms with Crippen LogP contribution in [-0.4, -0.2) is 24.7 Å². The maximum atomic E-state index is 13.3. The van der Waals surface area contributed by atoms with E-state index in [1.54, 1.807) is 18.6 Å². The van der Waals surface area contributed by atoms with E-state index < -0.39 is 0 Å². The van der Waals surface area contributed by atoms with Gasteiger partial charge >= 0.3 is 0 Å². The predicted octanol–water partition coefficient (Wildman–Crippen LogP) is 5.39. The fourth-order valence-electron chi connectivity index (χ4n) is 3.61. The van der Waals surface area contributed by atoms with Crippen LogP contribution in [0.2, 0.25) is 0 Å². The van der Waals surface area contributed by atoms with E-state index in [0.717, 1.165) is 40.2 Å². The summed E-state index contributed by atoms with van der Waals surface area (Å²) in [5.41, 5.74) is 6.05. The molecule has 158 valence electrons. The Labute approximate surface area is 182 Å². The zero-order valence-electron chi connectivity index (χ0n) is 18.0. The molecule has 0 saturated heterocycles. The van der Waals surface area contributed by atoms with Crippen molar-refractivity contribution in [1.82, 2.24) is 24.7 Å². The number of benzene rings is 1. The largest absolute Gasteiger partial charge is 0.270 e. The Morgan fingerprint density at radius 3 is 2.35 bits per heavy atom. The van der Waals surface area contributed by atoms with Crippen LogP contribution < -0.4 is 0 Å². The Hall–Kier alpha value is -3.41. The molecule has 4 aromatic rings. The summed E-state index contributed by atoms with van der Waals surface area (Å²) < 4.78 is 15.3. The SMILES string of the molecule is CC(C)n1cc(-c2cc(Cc3cnccn3)nc(C[C@@H](C)c3ccc(F)cc3)c2)cn1. The first-order valence-corrected chi connectivity index (χ1v) is 10.5. The number of nitrogens with zero attached hydrogens (tertiary/aromatic N) is 5. The predicted molar refractivity (Wildman–Crippen MR) is 119 cm³/mol. The third-order valence-corrected chi connectivity index (χ3v) is 5.33. The van der Waals surface area contributed by atoms with Crippen LogP contribution in [0, 0.1) is 5.82 Å². The molecule has 0 aliphatic rings. The summed E-state index contributed by atoms with van der Waals surface area (Å²) in [5, 5.41) is 4.49. The first-order valence-electron chi connectivity index (χ1n) is 10.5. The molecule has 31 heavy (non-hydrogen) atoms. The van der Waals surface area contributed by atoms with Crippen molar-refractivity contribution in [3.8, 4) is 11.1 Å². The lowest BCUT2D eigenvalue weighted by Gasteiger charge is -2.14. The average Bonchev–Trinajstić information content (AvgIpc) is 3.25. The molecule has 1 aromatic carbocycles. The molecule has 1 atom stereocenters. The van der Waals surface area contributed by atoms with E-state index in [9.17, 15) is 4.39 Å². The first kappa shape index (κ1) is 20.8. The highest BCUT2D eigenvalue weighted by Crippen LogP contribution is 2.26. The summed E-state index contributed by atoms with van der Waals surface area (Å²) >= 11 is 0. The highest BCUT2D eigenvalue weighted by Gasteiger charge is 2.13. The minimum absolute atomic E-state index is 0.214. The summed E-state index contributed by atoms with van der Waals surface area (Å²) in [6.07, 6.45) is 10.5. The zero-order chi connectivity index (χ0) is 21.8. The number of aromatic nitrogens is 5. The number of halogens is 1. The van der Waals surface area contributed by atoms with E-state index in [-0.39, 0.29) is 11.7 Å². The Bertz CT molecular complexity index is 1140. The van der Waals surface area contributed by atoms with Gasteiger partial charge in [0, 0.05) is 54.2 Å². The summed E-state index contributed by atoms with van der Waals surface area (Å²) in [5.74, 6) is -0.00408. The monoisotopic (exact) mass is 415 g/mol. The molecule has 0 bridgehead atoms. The van der Waals surface area contributed by atoms with Crippen LogP contribution in [0.5, 0.6) is 0 Å². The lowest BCUT2D eigenvalue weighted by molar-refractivity contribution is 0.532. The number of pyridine rings is 1. The van der Waals surface area contributed by atoms with Crippen molar-refractivity contribution >= 4 is 0 Å². The Morgan fingerprint density at radius 1 is 0.903 bits per heavy atom. The van der Waals surface area contributed by atoms with Crippen LogP contribution in [-0.2, 0) is 12.8 Å². The van der Waals surface area contributed by atoms with E-state index in [4.69, 9.17) is 4.98 Å². The van der Waals surface area contributed by atoms with Gasteiger partial charge in [-0.1, -0.05) is 19.1 Å². The molecule has 5 nitrogen and oxygen atoms in total. The maximum absolute atomic E-state index is 13.3. The highest BCUT2D eigenvalue weighted by molar-refractivity contribution is 5.62. The topological polar surface area (TPSA) is 56.5 Å². The second kappa shape index (κ2) is 9.16. The van der Waals surface area contributed by atoms with Gasteiger partial charge in [0.25, 0.3) is 0 Å². The Morgan fingerprint density at radius 2 is 1.68 bits per heavy atom. The smallest absolute Gasteiger partial charge is 0.123 e. The first-order chi connectivity index (χ1) is 15.0. The standard InChI is InChI=1S/C25H26FN5/c1-17(2)31-16-21(14-29-31)20-11-23(10-18(3)19-4-6-22(26)7-5-19)30-24(12-20)13-25-15-27-8-9-28-25/h4-9,11-12,14-18H,10,13H2,1-3H3/t18-/m1/s1. The van der Waals surface area contributed by atoms with Crippen molar-refractivity contribution in [2.45, 2.75) is 45.6 Å². The molecular weight excluding hydrogens is 389 g/mol. The molecule has 3 aromatic heterocycles. The average molecular weight is 416 g/mol. The summed E-state index contributed by atoms with van der Waals surface area (Å²) in [6, 6.07) is 11.2. The van der Waals surface area contributed by atoms with Crippen LogP contribution in [0.15, 0.2) is 67.4 Å². The molecule has 0 aliphatic heterocycles. The van der Waals surface area contributed by atoms with Crippen LogP contribution in [0.3, 0.4) is 0 Å². The molecule has 0 spiro atoms. The molecule has 0 saturated carbocycles. The molecule has 4 rings (SSSR count). The quantitative estimate of drug-likeness (QED) is 0.406. The molecule has 0 fully saturated rings. The van der Waals surface area contributed by atoms with E-state index in [1.165, 1.54) is 12.1 Å². The van der Waals surface area contributed by atoms with Crippen LogP contribution in [0.25, 0.3) is 11.1 Å². The van der Waals surface area contributed by atoms with E-state index in [1.807, 2.05) is 23.0 Å². The molecule has 6 heteroatoms. The number of hydrogen-bond donors (Lipinski definition) is 0. The van der Waals surface area contributed by atoms with Crippen molar-refractivity contribution in [3.63, 3.8) is 0 Å². The Kier molecular flexibility index (Phi) is 6.16. The lowest BCUT2D eigenvalue weighted by atomic mass is 9.94. The maximum Gasteiger partial charge on any atom is 0.123 e. The molecule has 0 aliphatic carbocycles. The minimum atomic E-state index is -0.218. The lowest BCUT2D eigenvalue weighted by Crippen LogP contribution is -2.04. The molecule has 3 heterocycles. The molecule has 0 amide bonds. The number of hydrogen-bond acceptors (Lipinski definition) is 4. The van der Waals surface area contributed by atoms with E-state index in [2.05, 4.69) is 54.2 Å². The van der Waals surface area contributed by atoms with E-state index >= 15 is 0 Å². The van der Waals surface area contributed by atoms with Crippen molar-refractivity contribution in [2.24, 2.45) is 0 Å².